The van der Waals surface area contributed by atoms with Crippen molar-refractivity contribution in [3.8, 4) is 0 Å². The van der Waals surface area contributed by atoms with Crippen LogP contribution in [-0.4, -0.2) is 90.4 Å². The van der Waals surface area contributed by atoms with Gasteiger partial charge in [0.15, 0.2) is 0 Å². The summed E-state index contributed by atoms with van der Waals surface area (Å²) in [5.41, 5.74) is 1.64. The number of piperazine rings is 1. The fourth-order valence-electron chi connectivity index (χ4n) is 3.89. The summed E-state index contributed by atoms with van der Waals surface area (Å²) in [4.78, 5) is 32.9. The highest BCUT2D eigenvalue weighted by atomic mass is 32.2. The van der Waals surface area contributed by atoms with Crippen LogP contribution in [0.4, 0.5) is 0 Å². The summed E-state index contributed by atoms with van der Waals surface area (Å²) in [5, 5.41) is 2.56. The Labute approximate surface area is 178 Å². The maximum absolute atomic E-state index is 12.8. The van der Waals surface area contributed by atoms with Gasteiger partial charge in [0.1, 0.15) is 0 Å². The van der Waals surface area contributed by atoms with Crippen molar-refractivity contribution in [1.29, 1.82) is 0 Å². The van der Waals surface area contributed by atoms with Gasteiger partial charge >= 0.3 is 0 Å². The van der Waals surface area contributed by atoms with Crippen LogP contribution in [0.5, 0.6) is 0 Å². The third-order valence-corrected chi connectivity index (χ3v) is 8.07. The number of carbonyl (C=O) groups excluding carboxylic acids is 2. The van der Waals surface area contributed by atoms with Crippen molar-refractivity contribution in [2.24, 2.45) is 0 Å². The van der Waals surface area contributed by atoms with Gasteiger partial charge in [-0.15, -0.1) is 0 Å². The summed E-state index contributed by atoms with van der Waals surface area (Å²) < 4.78 is 26.1. The Balaban J connectivity index is 1.51. The average molecular weight is 438 g/mol. The van der Waals surface area contributed by atoms with Crippen molar-refractivity contribution in [1.82, 2.24) is 24.4 Å². The Morgan fingerprint density at radius 2 is 1.93 bits per heavy atom. The third-order valence-electron chi connectivity index (χ3n) is 5.80. The average Bonchev–Trinajstić information content (AvgIpc) is 2.73. The Morgan fingerprint density at radius 1 is 1.23 bits per heavy atom. The predicted octanol–water partition coefficient (Wildman–Crippen LogP) is -0.000700. The second-order valence-electron chi connectivity index (χ2n) is 8.13. The topological polar surface area (TPSA) is 103 Å². The van der Waals surface area contributed by atoms with Gasteiger partial charge in [0.2, 0.25) is 21.8 Å². The molecule has 1 fully saturated rings. The number of nitrogens with zero attached hydrogens (tertiary/aromatic N) is 4. The van der Waals surface area contributed by atoms with E-state index in [2.05, 4.69) is 15.2 Å². The largest absolute Gasteiger partial charge is 0.354 e. The molecule has 10 heteroatoms. The highest BCUT2D eigenvalue weighted by molar-refractivity contribution is 7.89. The zero-order valence-electron chi connectivity index (χ0n) is 17.9. The fraction of sp³-hybridized carbons (Fsp3) is 0.650. The number of nitrogens with one attached hydrogen (secondary N) is 1. The van der Waals surface area contributed by atoms with Gasteiger partial charge in [-0.05, 0) is 25.5 Å². The maximum atomic E-state index is 12.8. The minimum atomic E-state index is -3.21. The number of amides is 2. The van der Waals surface area contributed by atoms with Crippen molar-refractivity contribution < 1.29 is 18.0 Å². The van der Waals surface area contributed by atoms with Crippen molar-refractivity contribution in [3.05, 3.63) is 29.6 Å². The minimum Gasteiger partial charge on any atom is -0.354 e. The number of carbonyl (C=O) groups is 2. The third kappa shape index (κ3) is 4.98. The van der Waals surface area contributed by atoms with Crippen molar-refractivity contribution >= 4 is 21.8 Å². The predicted molar refractivity (Wildman–Crippen MR) is 113 cm³/mol. The lowest BCUT2D eigenvalue weighted by Gasteiger charge is -2.35. The van der Waals surface area contributed by atoms with E-state index in [1.807, 2.05) is 12.1 Å². The molecule has 9 nitrogen and oxygen atoms in total. The molecular weight excluding hydrogens is 406 g/mol. The van der Waals surface area contributed by atoms with Gasteiger partial charge in [-0.3, -0.25) is 19.5 Å². The summed E-state index contributed by atoms with van der Waals surface area (Å²) >= 11 is 0. The number of hydrogen-bond acceptors (Lipinski definition) is 6. The second-order valence-corrected chi connectivity index (χ2v) is 10.6. The zero-order valence-corrected chi connectivity index (χ0v) is 18.7. The van der Waals surface area contributed by atoms with Crippen LogP contribution in [0.3, 0.4) is 0 Å². The zero-order chi connectivity index (χ0) is 21.9. The number of rotatable bonds is 6. The number of aromatic nitrogens is 1. The van der Waals surface area contributed by atoms with Crippen molar-refractivity contribution in [2.45, 2.75) is 38.5 Å². The molecule has 2 aliphatic rings. The van der Waals surface area contributed by atoms with Crippen LogP contribution >= 0.6 is 0 Å². The lowest BCUT2D eigenvalue weighted by molar-refractivity contribution is -0.131. The summed E-state index contributed by atoms with van der Waals surface area (Å²) in [6, 6.07) is 3.72. The molecule has 30 heavy (non-hydrogen) atoms. The molecule has 0 radical (unpaired) electrons. The first-order chi connectivity index (χ1) is 14.2. The SMILES string of the molecule is CC(=O)N1Cc2cccnc2C(C(=O)NCCN2CCN(S(=O)(=O)C(C)C)CC2)C1. The molecule has 0 bridgehead atoms. The molecule has 0 spiro atoms. The van der Waals surface area contributed by atoms with E-state index >= 15 is 0 Å². The number of pyridine rings is 1. The van der Waals surface area contributed by atoms with Crippen LogP contribution in [-0.2, 0) is 26.2 Å². The van der Waals surface area contributed by atoms with Crippen LogP contribution < -0.4 is 5.32 Å². The highest BCUT2D eigenvalue weighted by Crippen LogP contribution is 2.26. The monoisotopic (exact) mass is 437 g/mol. The Hall–Kier alpha value is -2.04. The second kappa shape index (κ2) is 9.40. The van der Waals surface area contributed by atoms with E-state index in [0.29, 0.717) is 52.4 Å². The van der Waals surface area contributed by atoms with Gasteiger partial charge in [0.05, 0.1) is 16.9 Å². The normalized spacial score (nSPS) is 20.8. The van der Waals surface area contributed by atoms with Crippen molar-refractivity contribution in [2.75, 3.05) is 45.8 Å². The molecule has 1 saturated heterocycles. The molecule has 1 unspecified atom stereocenters. The molecule has 0 saturated carbocycles. The summed E-state index contributed by atoms with van der Waals surface area (Å²) in [6.45, 7) is 9.07. The van der Waals surface area contributed by atoms with E-state index in [4.69, 9.17) is 0 Å². The molecule has 1 atom stereocenters. The Morgan fingerprint density at radius 3 is 2.57 bits per heavy atom. The lowest BCUT2D eigenvalue weighted by Crippen LogP contribution is -2.52. The Kier molecular flexibility index (Phi) is 7.10. The smallest absolute Gasteiger partial charge is 0.231 e. The standard InChI is InChI=1S/C20H31N5O4S/c1-15(2)30(28,29)25-11-9-23(10-12-25)8-7-22-20(27)18-14-24(16(3)26)13-17-5-4-6-21-19(17)18/h4-6,15,18H,7-14H2,1-3H3,(H,22,27). The number of hydrogen-bond donors (Lipinski definition) is 1. The molecule has 1 aromatic heterocycles. The number of sulfonamides is 1. The van der Waals surface area contributed by atoms with E-state index in [-0.39, 0.29) is 11.8 Å². The molecule has 1 N–H and O–H groups in total. The molecule has 3 rings (SSSR count). The molecule has 166 valence electrons. The number of fused-ring (bicyclic) bond motifs is 1. The molecule has 2 amide bonds. The van der Waals surface area contributed by atoms with E-state index in [1.54, 1.807) is 29.2 Å². The van der Waals surface area contributed by atoms with E-state index < -0.39 is 21.2 Å². The fourth-order valence-corrected chi connectivity index (χ4v) is 5.16. The Bertz CT molecular complexity index is 881. The molecule has 2 aliphatic heterocycles. The first kappa shape index (κ1) is 22.6. The van der Waals surface area contributed by atoms with Crippen LogP contribution in [0, 0.1) is 0 Å². The maximum Gasteiger partial charge on any atom is 0.231 e. The molecule has 3 heterocycles. The first-order valence-electron chi connectivity index (χ1n) is 10.4. The van der Waals surface area contributed by atoms with Gasteiger partial charge in [-0.2, -0.15) is 4.31 Å². The van der Waals surface area contributed by atoms with Gasteiger partial charge in [0, 0.05) is 65.5 Å². The van der Waals surface area contributed by atoms with Gasteiger partial charge in [-0.25, -0.2) is 8.42 Å². The summed E-state index contributed by atoms with van der Waals surface area (Å²) in [7, 11) is -3.21. The van der Waals surface area contributed by atoms with Crippen LogP contribution in [0.1, 0.15) is 37.9 Å². The van der Waals surface area contributed by atoms with Crippen LogP contribution in [0.2, 0.25) is 0 Å². The van der Waals surface area contributed by atoms with E-state index in [0.717, 1.165) is 11.3 Å². The minimum absolute atomic E-state index is 0.0588. The summed E-state index contributed by atoms with van der Waals surface area (Å²) in [6.07, 6.45) is 1.67. The van der Waals surface area contributed by atoms with Gasteiger partial charge < -0.3 is 10.2 Å². The van der Waals surface area contributed by atoms with Crippen LogP contribution in [0.25, 0.3) is 0 Å². The first-order valence-corrected chi connectivity index (χ1v) is 11.9. The molecule has 1 aromatic rings. The highest BCUT2D eigenvalue weighted by Gasteiger charge is 2.33. The van der Waals surface area contributed by atoms with Gasteiger partial charge in [0.25, 0.3) is 0 Å². The van der Waals surface area contributed by atoms with Gasteiger partial charge in [-0.1, -0.05) is 6.07 Å². The summed E-state index contributed by atoms with van der Waals surface area (Å²) in [5.74, 6) is -0.676. The van der Waals surface area contributed by atoms with E-state index in [9.17, 15) is 18.0 Å². The molecular formula is C20H31N5O4S. The molecule has 0 aliphatic carbocycles. The van der Waals surface area contributed by atoms with Crippen molar-refractivity contribution in [3.63, 3.8) is 0 Å². The quantitative estimate of drug-likeness (QED) is 0.672. The van der Waals surface area contributed by atoms with Crippen LogP contribution in [0.15, 0.2) is 18.3 Å². The molecule has 0 aromatic carbocycles. The lowest BCUT2D eigenvalue weighted by atomic mass is 9.94. The van der Waals surface area contributed by atoms with E-state index in [1.165, 1.54) is 6.92 Å².